The van der Waals surface area contributed by atoms with E-state index in [0.29, 0.717) is 29.1 Å². The molecule has 0 saturated heterocycles. The summed E-state index contributed by atoms with van der Waals surface area (Å²) < 4.78 is 8.20. The Morgan fingerprint density at radius 3 is 2.79 bits per heavy atom. The molecular formula is C17H19ClN6O3S. The molecule has 1 amide bonds. The predicted molar refractivity (Wildman–Crippen MR) is 105 cm³/mol. The molecule has 0 saturated carbocycles. The van der Waals surface area contributed by atoms with E-state index < -0.39 is 0 Å². The van der Waals surface area contributed by atoms with Gasteiger partial charge in [-0.15, -0.1) is 11.3 Å². The molecule has 3 aromatic heterocycles. The van der Waals surface area contributed by atoms with Crippen LogP contribution in [-0.4, -0.2) is 43.0 Å². The summed E-state index contributed by atoms with van der Waals surface area (Å²) in [5.74, 6) is -0.740. The lowest BCUT2D eigenvalue weighted by molar-refractivity contribution is -0.142. The number of nitrogens with one attached hydrogen (secondary N) is 1. The molecule has 0 aliphatic rings. The van der Waals surface area contributed by atoms with E-state index in [1.807, 2.05) is 13.8 Å². The summed E-state index contributed by atoms with van der Waals surface area (Å²) in [5, 5.41) is 14.0. The minimum Gasteiger partial charge on any atom is -0.466 e. The van der Waals surface area contributed by atoms with E-state index in [1.54, 1.807) is 33.9 Å². The van der Waals surface area contributed by atoms with Gasteiger partial charge in [0, 0.05) is 11.6 Å². The Bertz CT molecular complexity index is 1010. The van der Waals surface area contributed by atoms with Crippen LogP contribution in [0.25, 0.3) is 0 Å². The van der Waals surface area contributed by atoms with Gasteiger partial charge in [0.05, 0.1) is 35.1 Å². The minimum absolute atomic E-state index is 0.0695. The van der Waals surface area contributed by atoms with Crippen LogP contribution in [0.2, 0.25) is 5.02 Å². The number of ether oxygens (including phenoxy) is 1. The van der Waals surface area contributed by atoms with Crippen molar-refractivity contribution < 1.29 is 14.3 Å². The predicted octanol–water partition coefficient (Wildman–Crippen LogP) is 2.67. The summed E-state index contributed by atoms with van der Waals surface area (Å²) in [7, 11) is 0. The lowest BCUT2D eigenvalue weighted by Crippen LogP contribution is -2.15. The highest BCUT2D eigenvalue weighted by Crippen LogP contribution is 2.19. The summed E-state index contributed by atoms with van der Waals surface area (Å²) in [5.41, 5.74) is 2.37. The Hall–Kier alpha value is -2.72. The fourth-order valence-electron chi connectivity index (χ4n) is 2.48. The average Bonchev–Trinajstić information content (AvgIpc) is 3.34. The molecule has 0 atom stereocenters. The summed E-state index contributed by atoms with van der Waals surface area (Å²) in [6, 6.07) is 1.61. The van der Waals surface area contributed by atoms with Crippen molar-refractivity contribution in [2.45, 2.75) is 33.9 Å². The van der Waals surface area contributed by atoms with Crippen LogP contribution in [0.15, 0.2) is 17.6 Å². The van der Waals surface area contributed by atoms with Crippen molar-refractivity contribution >= 4 is 39.9 Å². The first-order valence-electron chi connectivity index (χ1n) is 8.51. The van der Waals surface area contributed by atoms with Gasteiger partial charge in [0.1, 0.15) is 6.67 Å². The molecule has 9 nitrogen and oxygen atoms in total. The minimum atomic E-state index is -0.387. The number of esters is 1. The molecule has 0 unspecified atom stereocenters. The summed E-state index contributed by atoms with van der Waals surface area (Å²) in [6.45, 7) is 6.10. The molecule has 0 aliphatic heterocycles. The zero-order valence-corrected chi connectivity index (χ0v) is 17.2. The van der Waals surface area contributed by atoms with E-state index >= 15 is 0 Å². The third-order valence-electron chi connectivity index (χ3n) is 3.85. The van der Waals surface area contributed by atoms with E-state index in [0.717, 1.165) is 11.4 Å². The quantitative estimate of drug-likeness (QED) is 0.587. The number of rotatable bonds is 7. The third-order valence-corrected chi connectivity index (χ3v) is 5.20. The molecular weight excluding hydrogens is 404 g/mol. The molecule has 11 heteroatoms. The second kappa shape index (κ2) is 8.53. The Morgan fingerprint density at radius 2 is 2.11 bits per heavy atom. The number of halogens is 1. The van der Waals surface area contributed by atoms with Gasteiger partial charge < -0.3 is 4.74 Å². The second-order valence-corrected chi connectivity index (χ2v) is 7.18. The van der Waals surface area contributed by atoms with Crippen LogP contribution in [0.3, 0.4) is 0 Å². The molecule has 3 heterocycles. The van der Waals surface area contributed by atoms with Crippen molar-refractivity contribution in [1.82, 2.24) is 24.5 Å². The molecule has 0 radical (unpaired) electrons. The van der Waals surface area contributed by atoms with E-state index in [1.165, 1.54) is 11.3 Å². The van der Waals surface area contributed by atoms with Crippen molar-refractivity contribution in [1.29, 1.82) is 0 Å². The number of aromatic nitrogens is 5. The first kappa shape index (κ1) is 20.0. The smallest absolute Gasteiger partial charge is 0.311 e. The first-order chi connectivity index (χ1) is 13.4. The van der Waals surface area contributed by atoms with Crippen LogP contribution in [0.1, 0.15) is 34.5 Å². The summed E-state index contributed by atoms with van der Waals surface area (Å²) >= 11 is 7.38. The number of anilines is 1. The Kier molecular flexibility index (Phi) is 6.10. The van der Waals surface area contributed by atoms with Gasteiger partial charge in [-0.25, -0.2) is 9.67 Å². The van der Waals surface area contributed by atoms with Gasteiger partial charge in [-0.1, -0.05) is 11.6 Å². The standard InChI is InChI=1S/C17H19ClN6O3S/c1-4-27-14(25)7-12-8-28-17(19-12)20-16(26)13-5-6-23(22-13)9-24-11(3)15(18)10(2)21-24/h5-6,8H,4,7,9H2,1-3H3,(H,19,20,26). The number of hydrogen-bond donors (Lipinski definition) is 1. The summed E-state index contributed by atoms with van der Waals surface area (Å²) in [4.78, 5) is 28.1. The molecule has 28 heavy (non-hydrogen) atoms. The molecule has 0 bridgehead atoms. The van der Waals surface area contributed by atoms with E-state index in [2.05, 4.69) is 20.5 Å². The average molecular weight is 423 g/mol. The fraction of sp³-hybridized carbons (Fsp3) is 0.353. The van der Waals surface area contributed by atoms with Crippen LogP contribution in [-0.2, 0) is 22.6 Å². The van der Waals surface area contributed by atoms with Crippen molar-refractivity contribution in [3.8, 4) is 0 Å². The maximum Gasteiger partial charge on any atom is 0.311 e. The summed E-state index contributed by atoms with van der Waals surface area (Å²) in [6.07, 6.45) is 1.76. The van der Waals surface area contributed by atoms with Gasteiger partial charge in [-0.05, 0) is 26.8 Å². The molecule has 3 aromatic rings. The van der Waals surface area contributed by atoms with Crippen molar-refractivity contribution in [3.63, 3.8) is 0 Å². The zero-order chi connectivity index (χ0) is 20.3. The Labute approximate surface area is 170 Å². The van der Waals surface area contributed by atoms with Crippen molar-refractivity contribution in [2.24, 2.45) is 0 Å². The van der Waals surface area contributed by atoms with Crippen LogP contribution < -0.4 is 5.32 Å². The lowest BCUT2D eigenvalue weighted by Gasteiger charge is -2.04. The van der Waals surface area contributed by atoms with Gasteiger partial charge in [0.25, 0.3) is 5.91 Å². The molecule has 0 spiro atoms. The van der Waals surface area contributed by atoms with Crippen LogP contribution in [0.4, 0.5) is 5.13 Å². The molecule has 148 valence electrons. The highest BCUT2D eigenvalue weighted by Gasteiger charge is 2.15. The SMILES string of the molecule is CCOC(=O)Cc1csc(NC(=O)c2ccn(Cn3nc(C)c(Cl)c3C)n2)n1. The lowest BCUT2D eigenvalue weighted by atomic mass is 10.3. The van der Waals surface area contributed by atoms with Crippen LogP contribution in [0, 0.1) is 13.8 Å². The number of carbonyl (C=O) groups is 2. The van der Waals surface area contributed by atoms with Crippen molar-refractivity contribution in [3.05, 3.63) is 45.4 Å². The molecule has 0 fully saturated rings. The van der Waals surface area contributed by atoms with E-state index in [-0.39, 0.29) is 24.0 Å². The second-order valence-electron chi connectivity index (χ2n) is 5.95. The number of amides is 1. The number of hydrogen-bond acceptors (Lipinski definition) is 7. The Balaban J connectivity index is 1.62. The normalized spacial score (nSPS) is 10.9. The van der Waals surface area contributed by atoms with Gasteiger partial charge in [-0.3, -0.25) is 19.6 Å². The van der Waals surface area contributed by atoms with Gasteiger partial charge in [0.15, 0.2) is 10.8 Å². The highest BCUT2D eigenvalue weighted by atomic mass is 35.5. The topological polar surface area (TPSA) is 104 Å². The first-order valence-corrected chi connectivity index (χ1v) is 9.77. The van der Waals surface area contributed by atoms with Crippen molar-refractivity contribution in [2.75, 3.05) is 11.9 Å². The Morgan fingerprint density at radius 1 is 1.32 bits per heavy atom. The highest BCUT2D eigenvalue weighted by molar-refractivity contribution is 7.14. The molecule has 1 N–H and O–H groups in total. The van der Waals surface area contributed by atoms with Gasteiger partial charge >= 0.3 is 5.97 Å². The van der Waals surface area contributed by atoms with E-state index in [9.17, 15) is 9.59 Å². The third kappa shape index (κ3) is 4.57. The maximum atomic E-state index is 12.4. The number of carbonyl (C=O) groups excluding carboxylic acids is 2. The van der Waals surface area contributed by atoms with Gasteiger partial charge in [0.2, 0.25) is 0 Å². The largest absolute Gasteiger partial charge is 0.466 e. The number of nitrogens with zero attached hydrogens (tertiary/aromatic N) is 5. The number of aryl methyl sites for hydroxylation is 1. The number of thiazole rings is 1. The fourth-order valence-corrected chi connectivity index (χ4v) is 3.32. The van der Waals surface area contributed by atoms with Crippen LogP contribution in [0.5, 0.6) is 0 Å². The van der Waals surface area contributed by atoms with E-state index in [4.69, 9.17) is 16.3 Å². The molecule has 0 aromatic carbocycles. The maximum absolute atomic E-state index is 12.4. The zero-order valence-electron chi connectivity index (χ0n) is 15.6. The monoisotopic (exact) mass is 422 g/mol. The molecule has 3 rings (SSSR count). The van der Waals surface area contributed by atoms with Gasteiger partial charge in [-0.2, -0.15) is 10.2 Å². The molecule has 0 aliphatic carbocycles. The van der Waals surface area contributed by atoms with Crippen LogP contribution >= 0.6 is 22.9 Å².